The number of hydrogen-bond acceptors (Lipinski definition) is 5. The molecule has 10 heteroatoms. The fourth-order valence-corrected chi connectivity index (χ4v) is 3.42. The van der Waals surface area contributed by atoms with Gasteiger partial charge in [0, 0.05) is 20.5 Å². The van der Waals surface area contributed by atoms with Crippen LogP contribution in [0, 0.1) is 18.2 Å². The number of imidazole rings is 1. The molecule has 152 valence electrons. The van der Waals surface area contributed by atoms with Crippen molar-refractivity contribution < 1.29 is 9.50 Å². The molecule has 0 aliphatic carbocycles. The van der Waals surface area contributed by atoms with Gasteiger partial charge in [0.15, 0.2) is 11.2 Å². The summed E-state index contributed by atoms with van der Waals surface area (Å²) in [5, 5.41) is 10.8. The Bertz CT molecular complexity index is 1550. The normalized spacial score (nSPS) is 11.3. The number of benzene rings is 1. The molecule has 9 nitrogen and oxygen atoms in total. The van der Waals surface area contributed by atoms with Gasteiger partial charge in [-0.1, -0.05) is 12.1 Å². The number of nitrogens with zero attached hydrogens (tertiary/aromatic N) is 5. The van der Waals surface area contributed by atoms with Crippen molar-refractivity contribution in [1.29, 1.82) is 0 Å². The monoisotopic (exact) mass is 409 g/mol. The Morgan fingerprint density at radius 3 is 2.40 bits per heavy atom. The van der Waals surface area contributed by atoms with Crippen LogP contribution in [0.5, 0.6) is 5.88 Å². The van der Waals surface area contributed by atoms with Crippen molar-refractivity contribution in [3.8, 4) is 18.2 Å². The molecule has 0 atom stereocenters. The third kappa shape index (κ3) is 2.63. The highest BCUT2D eigenvalue weighted by Crippen LogP contribution is 2.21. The van der Waals surface area contributed by atoms with Gasteiger partial charge in [-0.3, -0.25) is 23.3 Å². The van der Waals surface area contributed by atoms with Gasteiger partial charge in [0.05, 0.1) is 12.1 Å². The molecule has 0 aliphatic heterocycles. The Kier molecular flexibility index (Phi) is 4.31. The van der Waals surface area contributed by atoms with Crippen molar-refractivity contribution in [2.24, 2.45) is 14.1 Å². The van der Waals surface area contributed by atoms with E-state index in [9.17, 15) is 23.9 Å². The molecule has 0 aliphatic rings. The molecule has 0 amide bonds. The van der Waals surface area contributed by atoms with Gasteiger partial charge in [-0.15, -0.1) is 12.3 Å². The Labute approximate surface area is 167 Å². The highest BCUT2D eigenvalue weighted by molar-refractivity contribution is 5.75. The van der Waals surface area contributed by atoms with Gasteiger partial charge < -0.3 is 5.11 Å². The van der Waals surface area contributed by atoms with Crippen molar-refractivity contribution in [3.05, 3.63) is 72.4 Å². The van der Waals surface area contributed by atoms with Crippen LogP contribution in [0.1, 0.15) is 11.1 Å². The molecule has 1 aromatic carbocycles. The lowest BCUT2D eigenvalue weighted by Crippen LogP contribution is -2.38. The minimum atomic E-state index is -0.705. The molecule has 30 heavy (non-hydrogen) atoms. The van der Waals surface area contributed by atoms with Gasteiger partial charge in [-0.25, -0.2) is 13.6 Å². The van der Waals surface area contributed by atoms with E-state index in [2.05, 4.69) is 10.9 Å². The minimum absolute atomic E-state index is 0.00897. The molecule has 3 heterocycles. The topological polar surface area (TPSA) is 104 Å². The molecular weight excluding hydrogens is 393 g/mol. The van der Waals surface area contributed by atoms with E-state index in [1.54, 1.807) is 0 Å². The molecule has 4 aromatic rings. The van der Waals surface area contributed by atoms with Gasteiger partial charge in [0.25, 0.3) is 11.1 Å². The SMILES string of the molecule is C#CCc1c(O)n(Cc2ccc(F)cc2)c2nc3c(c(=O)n(C)c(=O)n3C)n2c1=O. The summed E-state index contributed by atoms with van der Waals surface area (Å²) in [5.74, 6) is 1.44. The van der Waals surface area contributed by atoms with E-state index in [0.717, 1.165) is 13.5 Å². The number of hydrogen-bond donors (Lipinski definition) is 1. The van der Waals surface area contributed by atoms with Gasteiger partial charge >= 0.3 is 5.69 Å². The fourth-order valence-electron chi connectivity index (χ4n) is 3.42. The van der Waals surface area contributed by atoms with Crippen molar-refractivity contribution in [2.75, 3.05) is 0 Å². The Balaban J connectivity index is 2.19. The highest BCUT2D eigenvalue weighted by atomic mass is 19.1. The Morgan fingerprint density at radius 2 is 1.77 bits per heavy atom. The summed E-state index contributed by atoms with van der Waals surface area (Å²) in [6, 6.07) is 5.55. The predicted molar refractivity (Wildman–Crippen MR) is 107 cm³/mol. The maximum atomic E-state index is 13.3. The lowest BCUT2D eigenvalue weighted by Gasteiger charge is -2.14. The van der Waals surface area contributed by atoms with Crippen LogP contribution in [-0.2, 0) is 27.1 Å². The van der Waals surface area contributed by atoms with Crippen LogP contribution in [0.2, 0.25) is 0 Å². The lowest BCUT2D eigenvalue weighted by molar-refractivity contribution is 0.413. The first-order valence-electron chi connectivity index (χ1n) is 8.87. The van der Waals surface area contributed by atoms with Gasteiger partial charge in [0.2, 0.25) is 11.7 Å². The first-order chi connectivity index (χ1) is 14.3. The van der Waals surface area contributed by atoms with Crippen LogP contribution in [-0.4, -0.2) is 28.2 Å². The van der Waals surface area contributed by atoms with E-state index >= 15 is 0 Å². The molecule has 0 saturated carbocycles. The molecule has 4 rings (SSSR count). The summed E-state index contributed by atoms with van der Waals surface area (Å²) in [6.07, 6.45) is 5.18. The predicted octanol–water partition coefficient (Wildman–Crippen LogP) is 0.115. The smallest absolute Gasteiger partial charge is 0.332 e. The van der Waals surface area contributed by atoms with E-state index in [1.165, 1.54) is 42.9 Å². The second-order valence-corrected chi connectivity index (χ2v) is 6.83. The maximum Gasteiger partial charge on any atom is 0.332 e. The van der Waals surface area contributed by atoms with E-state index in [1.807, 2.05) is 0 Å². The largest absolute Gasteiger partial charge is 0.494 e. The molecule has 3 aromatic heterocycles. The quantitative estimate of drug-likeness (QED) is 0.484. The van der Waals surface area contributed by atoms with Crippen molar-refractivity contribution >= 4 is 16.9 Å². The van der Waals surface area contributed by atoms with E-state index in [-0.39, 0.29) is 35.5 Å². The van der Waals surface area contributed by atoms with Gasteiger partial charge in [-0.2, -0.15) is 4.98 Å². The number of terminal acetylenes is 1. The van der Waals surface area contributed by atoms with Crippen LogP contribution in [0.3, 0.4) is 0 Å². The molecule has 0 saturated heterocycles. The average molecular weight is 409 g/mol. The minimum Gasteiger partial charge on any atom is -0.494 e. The van der Waals surface area contributed by atoms with E-state index < -0.39 is 28.5 Å². The molecule has 1 N–H and O–H groups in total. The van der Waals surface area contributed by atoms with Gasteiger partial charge in [-0.05, 0) is 17.7 Å². The van der Waals surface area contributed by atoms with Crippen LogP contribution in [0.4, 0.5) is 4.39 Å². The standard InChI is InChI=1S/C20H16FN5O4/c1-4-5-13-16(27)25(10-11-6-8-12(21)9-7-11)19-22-15-14(26(19)17(13)28)18(29)24(3)20(30)23(15)2/h1,6-9,27H,5,10H2,2-3H3. The van der Waals surface area contributed by atoms with Crippen LogP contribution in [0.15, 0.2) is 38.6 Å². The van der Waals surface area contributed by atoms with Crippen LogP contribution in [0.25, 0.3) is 16.9 Å². The first kappa shape index (κ1) is 19.2. The first-order valence-corrected chi connectivity index (χ1v) is 8.87. The highest BCUT2D eigenvalue weighted by Gasteiger charge is 2.23. The summed E-state index contributed by atoms with van der Waals surface area (Å²) in [7, 11) is 2.72. The van der Waals surface area contributed by atoms with Crippen molar-refractivity contribution in [2.45, 2.75) is 13.0 Å². The average Bonchev–Trinajstić information content (AvgIpc) is 3.13. The zero-order valence-electron chi connectivity index (χ0n) is 16.1. The number of fused-ring (bicyclic) bond motifs is 3. The molecular formula is C20H16FN5O4. The van der Waals surface area contributed by atoms with Crippen molar-refractivity contribution in [3.63, 3.8) is 0 Å². The molecule has 0 spiro atoms. The summed E-state index contributed by atoms with van der Waals surface area (Å²) < 4.78 is 17.6. The lowest BCUT2D eigenvalue weighted by atomic mass is 10.2. The zero-order chi connectivity index (χ0) is 21.7. The number of aryl methyl sites for hydroxylation is 1. The Hall–Kier alpha value is -4.13. The van der Waals surface area contributed by atoms with Crippen LogP contribution < -0.4 is 16.8 Å². The van der Waals surface area contributed by atoms with Crippen molar-refractivity contribution in [1.82, 2.24) is 23.1 Å². The summed E-state index contributed by atoms with van der Waals surface area (Å²) in [6.45, 7) is 0.0189. The zero-order valence-corrected chi connectivity index (χ0v) is 16.1. The molecule has 0 radical (unpaired) electrons. The second kappa shape index (κ2) is 6.73. The van der Waals surface area contributed by atoms with E-state index in [0.29, 0.717) is 5.56 Å². The third-order valence-electron chi connectivity index (χ3n) is 5.00. The van der Waals surface area contributed by atoms with Crippen LogP contribution >= 0.6 is 0 Å². The summed E-state index contributed by atoms with van der Waals surface area (Å²) in [5.41, 5.74) is -1.62. The fraction of sp³-hybridized carbons (Fsp3) is 0.200. The maximum absolute atomic E-state index is 13.3. The number of rotatable bonds is 3. The summed E-state index contributed by atoms with van der Waals surface area (Å²) in [4.78, 5) is 42.5. The second-order valence-electron chi connectivity index (χ2n) is 6.83. The number of aromatic hydroxyl groups is 1. The third-order valence-corrected chi connectivity index (χ3v) is 5.00. The summed E-state index contributed by atoms with van der Waals surface area (Å²) >= 11 is 0. The number of aromatic nitrogens is 5. The van der Waals surface area contributed by atoms with Gasteiger partial charge in [0.1, 0.15) is 5.82 Å². The Morgan fingerprint density at radius 1 is 1.10 bits per heavy atom. The number of halogens is 1. The molecule has 0 bridgehead atoms. The van der Waals surface area contributed by atoms with E-state index in [4.69, 9.17) is 6.42 Å². The molecule has 0 fully saturated rings. The molecule has 0 unspecified atom stereocenters.